The van der Waals surface area contributed by atoms with Gasteiger partial charge >= 0.3 is 0 Å². The highest BCUT2D eigenvalue weighted by atomic mass is 19.2. The fourth-order valence-electron chi connectivity index (χ4n) is 1.79. The van der Waals surface area contributed by atoms with Gasteiger partial charge < -0.3 is 4.90 Å². The van der Waals surface area contributed by atoms with E-state index in [1.165, 1.54) is 6.07 Å². The van der Waals surface area contributed by atoms with Crippen molar-refractivity contribution in [3.63, 3.8) is 0 Å². The summed E-state index contributed by atoms with van der Waals surface area (Å²) in [6, 6.07) is 13.0. The van der Waals surface area contributed by atoms with Gasteiger partial charge in [0.05, 0.1) is 11.6 Å². The van der Waals surface area contributed by atoms with Crippen molar-refractivity contribution in [3.05, 3.63) is 65.2 Å². The maximum absolute atomic E-state index is 13.1. The van der Waals surface area contributed by atoms with Crippen LogP contribution in [0.3, 0.4) is 0 Å². The minimum atomic E-state index is -0.843. The van der Waals surface area contributed by atoms with Gasteiger partial charge in [0.25, 0.3) is 0 Å². The summed E-state index contributed by atoms with van der Waals surface area (Å²) in [5.74, 6) is -1.68. The molecule has 96 valence electrons. The van der Waals surface area contributed by atoms with Crippen molar-refractivity contribution in [1.29, 1.82) is 5.26 Å². The van der Waals surface area contributed by atoms with Gasteiger partial charge in [0, 0.05) is 19.3 Å². The van der Waals surface area contributed by atoms with Crippen LogP contribution in [0.2, 0.25) is 0 Å². The molecule has 0 heterocycles. The zero-order chi connectivity index (χ0) is 13.8. The van der Waals surface area contributed by atoms with Crippen molar-refractivity contribution in [2.24, 2.45) is 0 Å². The number of hydrogen-bond donors (Lipinski definition) is 0. The Morgan fingerprint density at radius 3 is 2.32 bits per heavy atom. The summed E-state index contributed by atoms with van der Waals surface area (Å²) in [4.78, 5) is 1.90. The van der Waals surface area contributed by atoms with E-state index >= 15 is 0 Å². The van der Waals surface area contributed by atoms with Crippen LogP contribution in [0.1, 0.15) is 11.1 Å². The van der Waals surface area contributed by atoms with E-state index in [-0.39, 0.29) is 0 Å². The SMILES string of the molecule is CN(Cc1ccc(F)c(F)c1)c1ccc(C#N)cc1. The first-order valence-corrected chi connectivity index (χ1v) is 5.75. The maximum Gasteiger partial charge on any atom is 0.159 e. The molecule has 0 aliphatic rings. The second-order valence-electron chi connectivity index (χ2n) is 4.26. The van der Waals surface area contributed by atoms with Crippen LogP contribution < -0.4 is 4.90 Å². The first-order chi connectivity index (χ1) is 9.10. The summed E-state index contributed by atoms with van der Waals surface area (Å²) >= 11 is 0. The Kier molecular flexibility index (Phi) is 3.76. The van der Waals surface area contributed by atoms with E-state index < -0.39 is 11.6 Å². The number of rotatable bonds is 3. The summed E-state index contributed by atoms with van der Waals surface area (Å²) in [7, 11) is 1.85. The lowest BCUT2D eigenvalue weighted by molar-refractivity contribution is 0.507. The van der Waals surface area contributed by atoms with E-state index in [0.717, 1.165) is 11.8 Å². The van der Waals surface area contributed by atoms with E-state index in [9.17, 15) is 8.78 Å². The number of halogens is 2. The second-order valence-corrected chi connectivity index (χ2v) is 4.26. The molecule has 0 fully saturated rings. The first-order valence-electron chi connectivity index (χ1n) is 5.75. The van der Waals surface area contributed by atoms with Crippen LogP contribution in [-0.2, 0) is 6.54 Å². The molecule has 2 aromatic rings. The minimum absolute atomic E-state index is 0.461. The fourth-order valence-corrected chi connectivity index (χ4v) is 1.79. The van der Waals surface area contributed by atoms with Crippen molar-refractivity contribution in [1.82, 2.24) is 0 Å². The highest BCUT2D eigenvalue weighted by Gasteiger charge is 2.06. The Hall–Kier alpha value is -2.41. The Bertz CT molecular complexity index is 615. The predicted molar refractivity (Wildman–Crippen MR) is 69.6 cm³/mol. The normalized spacial score (nSPS) is 10.0. The third-order valence-electron chi connectivity index (χ3n) is 2.84. The number of anilines is 1. The van der Waals surface area contributed by atoms with Crippen molar-refractivity contribution in [2.75, 3.05) is 11.9 Å². The molecule has 0 N–H and O–H groups in total. The monoisotopic (exact) mass is 258 g/mol. The molecule has 0 atom stereocenters. The molecule has 2 aromatic carbocycles. The van der Waals surface area contributed by atoms with Gasteiger partial charge in [-0.25, -0.2) is 8.78 Å². The van der Waals surface area contributed by atoms with E-state index in [0.29, 0.717) is 17.7 Å². The summed E-state index contributed by atoms with van der Waals surface area (Å²) in [6.07, 6.45) is 0. The summed E-state index contributed by atoms with van der Waals surface area (Å²) in [5, 5.41) is 8.72. The molecule has 0 unspecified atom stereocenters. The number of benzene rings is 2. The predicted octanol–water partition coefficient (Wildman–Crippen LogP) is 3.47. The molecule has 0 aliphatic heterocycles. The lowest BCUT2D eigenvalue weighted by Gasteiger charge is -2.19. The van der Waals surface area contributed by atoms with Crippen LogP contribution in [0.15, 0.2) is 42.5 Å². The lowest BCUT2D eigenvalue weighted by Crippen LogP contribution is -2.16. The standard InChI is InChI=1S/C15H12F2N2/c1-19(13-5-2-11(9-18)3-6-13)10-12-4-7-14(16)15(17)8-12/h2-8H,10H2,1H3. The molecule has 0 aliphatic carbocycles. The quantitative estimate of drug-likeness (QED) is 0.842. The molecular formula is C15H12F2N2. The Balaban J connectivity index is 2.13. The number of nitrogens with zero attached hydrogens (tertiary/aromatic N) is 2. The van der Waals surface area contributed by atoms with Crippen LogP contribution in [0, 0.1) is 23.0 Å². The zero-order valence-corrected chi connectivity index (χ0v) is 10.4. The van der Waals surface area contributed by atoms with Crippen LogP contribution in [-0.4, -0.2) is 7.05 Å². The first kappa shape index (κ1) is 13.0. The topological polar surface area (TPSA) is 27.0 Å². The number of nitriles is 1. The number of hydrogen-bond acceptors (Lipinski definition) is 2. The average Bonchev–Trinajstić information content (AvgIpc) is 2.43. The van der Waals surface area contributed by atoms with Crippen molar-refractivity contribution >= 4 is 5.69 Å². The highest BCUT2D eigenvalue weighted by Crippen LogP contribution is 2.17. The third kappa shape index (κ3) is 3.08. The molecule has 0 bridgehead atoms. The zero-order valence-electron chi connectivity index (χ0n) is 10.4. The molecule has 0 aromatic heterocycles. The minimum Gasteiger partial charge on any atom is -0.370 e. The van der Waals surface area contributed by atoms with Crippen LogP contribution in [0.5, 0.6) is 0 Å². The highest BCUT2D eigenvalue weighted by molar-refractivity contribution is 5.49. The fraction of sp³-hybridized carbons (Fsp3) is 0.133. The van der Waals surface area contributed by atoms with E-state index in [1.54, 1.807) is 18.2 Å². The van der Waals surface area contributed by atoms with Gasteiger partial charge in [0.15, 0.2) is 11.6 Å². The Labute approximate surface area is 110 Å². The molecule has 2 nitrogen and oxygen atoms in total. The smallest absolute Gasteiger partial charge is 0.159 e. The lowest BCUT2D eigenvalue weighted by atomic mass is 10.1. The molecule has 0 radical (unpaired) electrons. The molecule has 19 heavy (non-hydrogen) atoms. The summed E-state index contributed by atoms with van der Waals surface area (Å²) < 4.78 is 25.9. The van der Waals surface area contributed by atoms with Crippen LogP contribution in [0.25, 0.3) is 0 Å². The molecule has 0 saturated heterocycles. The molecule has 0 amide bonds. The van der Waals surface area contributed by atoms with Gasteiger partial charge in [-0.15, -0.1) is 0 Å². The van der Waals surface area contributed by atoms with E-state index in [2.05, 4.69) is 0 Å². The Morgan fingerprint density at radius 1 is 1.05 bits per heavy atom. The summed E-state index contributed by atoms with van der Waals surface area (Å²) in [6.45, 7) is 0.461. The molecule has 0 saturated carbocycles. The van der Waals surface area contributed by atoms with Gasteiger partial charge in [-0.05, 0) is 42.0 Å². The van der Waals surface area contributed by atoms with E-state index in [1.807, 2.05) is 30.1 Å². The Morgan fingerprint density at radius 2 is 1.74 bits per heavy atom. The van der Waals surface area contributed by atoms with Crippen molar-refractivity contribution in [3.8, 4) is 6.07 Å². The van der Waals surface area contributed by atoms with E-state index in [4.69, 9.17) is 5.26 Å². The van der Waals surface area contributed by atoms with Crippen molar-refractivity contribution in [2.45, 2.75) is 6.54 Å². The maximum atomic E-state index is 13.1. The molecule has 4 heteroatoms. The van der Waals surface area contributed by atoms with Gasteiger partial charge in [-0.1, -0.05) is 6.07 Å². The van der Waals surface area contributed by atoms with Gasteiger partial charge in [-0.3, -0.25) is 0 Å². The molecular weight excluding hydrogens is 246 g/mol. The van der Waals surface area contributed by atoms with Gasteiger partial charge in [-0.2, -0.15) is 5.26 Å². The van der Waals surface area contributed by atoms with Gasteiger partial charge in [0.1, 0.15) is 0 Å². The molecule has 0 spiro atoms. The van der Waals surface area contributed by atoms with Gasteiger partial charge in [0.2, 0.25) is 0 Å². The average molecular weight is 258 g/mol. The molecule has 2 rings (SSSR count). The second kappa shape index (κ2) is 5.49. The van der Waals surface area contributed by atoms with Crippen LogP contribution >= 0.6 is 0 Å². The van der Waals surface area contributed by atoms with Crippen LogP contribution in [0.4, 0.5) is 14.5 Å². The van der Waals surface area contributed by atoms with Crippen molar-refractivity contribution < 1.29 is 8.78 Å². The summed E-state index contributed by atoms with van der Waals surface area (Å²) in [5.41, 5.74) is 2.18. The third-order valence-corrected chi connectivity index (χ3v) is 2.84. The largest absolute Gasteiger partial charge is 0.370 e.